The summed E-state index contributed by atoms with van der Waals surface area (Å²) in [7, 11) is 1.64. The average molecular weight is 350 g/mol. The highest BCUT2D eigenvalue weighted by Gasteiger charge is 2.35. The highest BCUT2D eigenvalue weighted by molar-refractivity contribution is 5.81. The molecule has 0 saturated heterocycles. The fourth-order valence-corrected chi connectivity index (χ4v) is 2.80. The number of rotatable bonds is 7. The van der Waals surface area contributed by atoms with Gasteiger partial charge in [-0.25, -0.2) is 0 Å². The van der Waals surface area contributed by atoms with Crippen molar-refractivity contribution in [2.45, 2.75) is 38.5 Å². The number of carbonyl (C=O) groups excluding carboxylic acids is 1. The molecule has 0 N–H and O–H groups in total. The summed E-state index contributed by atoms with van der Waals surface area (Å²) < 4.78 is 11.0. The highest BCUT2D eigenvalue weighted by Crippen LogP contribution is 2.30. The van der Waals surface area contributed by atoms with Gasteiger partial charge in [-0.05, 0) is 61.7 Å². The van der Waals surface area contributed by atoms with Gasteiger partial charge < -0.3 is 14.4 Å². The lowest BCUT2D eigenvalue weighted by molar-refractivity contribution is -0.139. The molecule has 1 fully saturated rings. The monoisotopic (exact) mass is 350 g/mol. The molecule has 0 spiro atoms. The largest absolute Gasteiger partial charge is 0.497 e. The maximum absolute atomic E-state index is 12.9. The van der Waals surface area contributed by atoms with Gasteiger partial charge in [0.15, 0.2) is 6.10 Å². The van der Waals surface area contributed by atoms with Crippen LogP contribution in [0.5, 0.6) is 11.5 Å². The molecule has 1 aliphatic rings. The maximum Gasteiger partial charge on any atom is 0.263 e. The van der Waals surface area contributed by atoms with Crippen LogP contribution in [0.25, 0.3) is 0 Å². The van der Waals surface area contributed by atoms with Crippen molar-refractivity contribution in [3.8, 4) is 17.6 Å². The standard InChI is InChI=1S/C21H22N2O3/c1-15(26-20-11-3-16(13-22)4-12-20)21(24)23(18-7-8-18)14-17-5-9-19(25-2)10-6-17/h3-6,9-12,15,18H,7-8,14H2,1-2H3. The van der Waals surface area contributed by atoms with Crippen LogP contribution in [0.15, 0.2) is 48.5 Å². The van der Waals surface area contributed by atoms with Gasteiger partial charge in [0, 0.05) is 12.6 Å². The Morgan fingerprint density at radius 1 is 1.15 bits per heavy atom. The van der Waals surface area contributed by atoms with E-state index in [0.717, 1.165) is 24.2 Å². The van der Waals surface area contributed by atoms with Crippen molar-refractivity contribution in [2.75, 3.05) is 7.11 Å². The quantitative estimate of drug-likeness (QED) is 0.766. The van der Waals surface area contributed by atoms with Crippen LogP contribution in [-0.2, 0) is 11.3 Å². The predicted molar refractivity (Wildman–Crippen MR) is 97.8 cm³/mol. The van der Waals surface area contributed by atoms with Crippen molar-refractivity contribution in [3.05, 3.63) is 59.7 Å². The number of benzene rings is 2. The lowest BCUT2D eigenvalue weighted by Crippen LogP contribution is -2.41. The molecule has 0 bridgehead atoms. The first-order valence-electron chi connectivity index (χ1n) is 8.71. The summed E-state index contributed by atoms with van der Waals surface area (Å²) in [6.07, 6.45) is 1.48. The van der Waals surface area contributed by atoms with Crippen molar-refractivity contribution in [3.63, 3.8) is 0 Å². The first-order valence-corrected chi connectivity index (χ1v) is 8.71. The average Bonchev–Trinajstić information content (AvgIpc) is 3.51. The van der Waals surface area contributed by atoms with Crippen LogP contribution in [0.4, 0.5) is 0 Å². The Morgan fingerprint density at radius 3 is 2.31 bits per heavy atom. The molecule has 2 aromatic carbocycles. The number of ether oxygens (including phenoxy) is 2. The van der Waals surface area contributed by atoms with E-state index in [-0.39, 0.29) is 11.9 Å². The molecule has 5 nitrogen and oxygen atoms in total. The van der Waals surface area contributed by atoms with Crippen molar-refractivity contribution in [1.29, 1.82) is 5.26 Å². The third kappa shape index (κ3) is 4.34. The first-order chi connectivity index (χ1) is 12.6. The minimum Gasteiger partial charge on any atom is -0.497 e. The lowest BCUT2D eigenvalue weighted by atomic mass is 10.2. The highest BCUT2D eigenvalue weighted by atomic mass is 16.5. The molecule has 0 aromatic heterocycles. The van der Waals surface area contributed by atoms with Gasteiger partial charge in [-0.1, -0.05) is 12.1 Å². The van der Waals surface area contributed by atoms with Crippen LogP contribution in [0.1, 0.15) is 30.9 Å². The van der Waals surface area contributed by atoms with Gasteiger partial charge in [-0.15, -0.1) is 0 Å². The number of amides is 1. The smallest absolute Gasteiger partial charge is 0.263 e. The zero-order chi connectivity index (χ0) is 18.5. The fraction of sp³-hybridized carbons (Fsp3) is 0.333. The molecular weight excluding hydrogens is 328 g/mol. The van der Waals surface area contributed by atoms with Gasteiger partial charge in [0.2, 0.25) is 0 Å². The first kappa shape index (κ1) is 17.8. The van der Waals surface area contributed by atoms with Crippen LogP contribution in [0, 0.1) is 11.3 Å². The van der Waals surface area contributed by atoms with Crippen LogP contribution in [0.3, 0.4) is 0 Å². The van der Waals surface area contributed by atoms with Gasteiger partial charge in [-0.2, -0.15) is 5.26 Å². The third-order valence-corrected chi connectivity index (χ3v) is 4.43. The number of nitriles is 1. The number of methoxy groups -OCH3 is 1. The Balaban J connectivity index is 1.66. The van der Waals surface area contributed by atoms with E-state index in [1.165, 1.54) is 0 Å². The van der Waals surface area contributed by atoms with Crippen LogP contribution in [-0.4, -0.2) is 30.1 Å². The molecule has 134 valence electrons. The summed E-state index contributed by atoms with van der Waals surface area (Å²) in [5.74, 6) is 1.37. The molecule has 1 amide bonds. The number of hydrogen-bond acceptors (Lipinski definition) is 4. The molecule has 0 aliphatic heterocycles. The Morgan fingerprint density at radius 2 is 1.77 bits per heavy atom. The Bertz CT molecular complexity index is 790. The van der Waals surface area contributed by atoms with Crippen molar-refractivity contribution >= 4 is 5.91 Å². The normalized spacial score (nSPS) is 14.2. The molecule has 1 atom stereocenters. The topological polar surface area (TPSA) is 62.6 Å². The second kappa shape index (κ2) is 7.92. The van der Waals surface area contributed by atoms with Gasteiger partial charge in [-0.3, -0.25) is 4.79 Å². The van der Waals surface area contributed by atoms with Gasteiger partial charge >= 0.3 is 0 Å². The summed E-state index contributed by atoms with van der Waals surface area (Å²) in [5.41, 5.74) is 1.63. The molecule has 1 saturated carbocycles. The molecule has 3 rings (SSSR count). The second-order valence-corrected chi connectivity index (χ2v) is 6.44. The minimum absolute atomic E-state index is 0.0207. The van der Waals surface area contributed by atoms with Crippen LogP contribution < -0.4 is 9.47 Å². The molecule has 5 heteroatoms. The molecular formula is C21H22N2O3. The van der Waals surface area contributed by atoms with E-state index in [1.807, 2.05) is 29.2 Å². The lowest BCUT2D eigenvalue weighted by Gasteiger charge is -2.26. The van der Waals surface area contributed by atoms with E-state index in [0.29, 0.717) is 17.9 Å². The minimum atomic E-state index is -0.582. The summed E-state index contributed by atoms with van der Waals surface area (Å²) in [4.78, 5) is 14.8. The Labute approximate surface area is 153 Å². The van der Waals surface area contributed by atoms with E-state index < -0.39 is 6.10 Å². The van der Waals surface area contributed by atoms with Gasteiger partial charge in [0.25, 0.3) is 5.91 Å². The number of hydrogen-bond donors (Lipinski definition) is 0. The van der Waals surface area contributed by atoms with Gasteiger partial charge in [0.05, 0.1) is 18.7 Å². The van der Waals surface area contributed by atoms with Crippen molar-refractivity contribution in [2.24, 2.45) is 0 Å². The predicted octanol–water partition coefficient (Wildman–Crippen LogP) is 3.53. The molecule has 1 unspecified atom stereocenters. The Kier molecular flexibility index (Phi) is 5.43. The van der Waals surface area contributed by atoms with E-state index in [4.69, 9.17) is 14.7 Å². The molecule has 0 heterocycles. The molecule has 0 radical (unpaired) electrons. The summed E-state index contributed by atoms with van der Waals surface area (Å²) in [6.45, 7) is 2.33. The maximum atomic E-state index is 12.9. The number of nitrogens with zero attached hydrogens (tertiary/aromatic N) is 2. The van der Waals surface area contributed by atoms with E-state index in [9.17, 15) is 4.79 Å². The Hall–Kier alpha value is -3.00. The van der Waals surface area contributed by atoms with Gasteiger partial charge in [0.1, 0.15) is 11.5 Å². The summed E-state index contributed by atoms with van der Waals surface area (Å²) >= 11 is 0. The molecule has 26 heavy (non-hydrogen) atoms. The SMILES string of the molecule is COc1ccc(CN(C(=O)C(C)Oc2ccc(C#N)cc2)C2CC2)cc1. The number of carbonyl (C=O) groups is 1. The van der Waals surface area contributed by atoms with Crippen LogP contribution in [0.2, 0.25) is 0 Å². The van der Waals surface area contributed by atoms with Crippen molar-refractivity contribution in [1.82, 2.24) is 4.90 Å². The second-order valence-electron chi connectivity index (χ2n) is 6.44. The zero-order valence-electron chi connectivity index (χ0n) is 15.0. The van der Waals surface area contributed by atoms with E-state index >= 15 is 0 Å². The molecule has 2 aromatic rings. The summed E-state index contributed by atoms with van der Waals surface area (Å²) in [6, 6.07) is 16.9. The zero-order valence-corrected chi connectivity index (χ0v) is 15.0. The molecule has 1 aliphatic carbocycles. The fourth-order valence-electron chi connectivity index (χ4n) is 2.80. The van der Waals surface area contributed by atoms with Crippen LogP contribution >= 0.6 is 0 Å². The summed E-state index contributed by atoms with van der Waals surface area (Å²) in [5, 5.41) is 8.85. The van der Waals surface area contributed by atoms with Crippen molar-refractivity contribution < 1.29 is 14.3 Å². The van der Waals surface area contributed by atoms with E-state index in [2.05, 4.69) is 6.07 Å². The van der Waals surface area contributed by atoms with E-state index in [1.54, 1.807) is 38.3 Å². The third-order valence-electron chi connectivity index (χ3n) is 4.43.